The zero-order chi connectivity index (χ0) is 21.7. The summed E-state index contributed by atoms with van der Waals surface area (Å²) in [4.78, 5) is 25.9. The van der Waals surface area contributed by atoms with Gasteiger partial charge < -0.3 is 15.0 Å². The average Bonchev–Trinajstić information content (AvgIpc) is 2.64. The molecule has 0 spiro atoms. The lowest BCUT2D eigenvalue weighted by molar-refractivity contribution is -0.132. The fourth-order valence-electron chi connectivity index (χ4n) is 2.94. The number of nitrogens with zero attached hydrogens (tertiary/aromatic N) is 2. The summed E-state index contributed by atoms with van der Waals surface area (Å²) in [7, 11) is -3.54. The van der Waals surface area contributed by atoms with Crippen molar-refractivity contribution in [3.63, 3.8) is 0 Å². The number of amides is 2. The molecule has 0 bridgehead atoms. The van der Waals surface area contributed by atoms with Crippen LogP contribution in [-0.4, -0.2) is 67.9 Å². The highest BCUT2D eigenvalue weighted by Gasteiger charge is 2.29. The molecule has 2 rings (SSSR count). The Labute approximate surface area is 173 Å². The van der Waals surface area contributed by atoms with Crippen molar-refractivity contribution in [1.82, 2.24) is 14.5 Å². The van der Waals surface area contributed by atoms with Gasteiger partial charge in [-0.2, -0.15) is 4.31 Å². The van der Waals surface area contributed by atoms with Crippen molar-refractivity contribution in [3.05, 3.63) is 29.8 Å². The van der Waals surface area contributed by atoms with Crippen LogP contribution in [0.2, 0.25) is 0 Å². The van der Waals surface area contributed by atoms with Gasteiger partial charge in [-0.15, -0.1) is 0 Å². The number of rotatable bonds is 6. The molecule has 1 saturated heterocycles. The Bertz CT molecular complexity index is 808. The highest BCUT2D eigenvalue weighted by Crippen LogP contribution is 2.18. The van der Waals surface area contributed by atoms with Gasteiger partial charge in [0.25, 0.3) is 0 Å². The average molecular weight is 426 g/mol. The van der Waals surface area contributed by atoms with Crippen molar-refractivity contribution in [1.29, 1.82) is 0 Å². The van der Waals surface area contributed by atoms with Crippen molar-refractivity contribution in [3.8, 4) is 0 Å². The number of alkyl carbamates (subject to hydrolysis) is 1. The van der Waals surface area contributed by atoms with E-state index in [1.54, 1.807) is 49.9 Å². The van der Waals surface area contributed by atoms with Gasteiger partial charge >= 0.3 is 6.09 Å². The van der Waals surface area contributed by atoms with Gasteiger partial charge in [0.2, 0.25) is 15.9 Å². The molecule has 0 atom stereocenters. The molecule has 1 aromatic rings. The molecule has 1 N–H and O–H groups in total. The first kappa shape index (κ1) is 23.2. The molecule has 162 valence electrons. The summed E-state index contributed by atoms with van der Waals surface area (Å²) in [6, 6.07) is 6.77. The second-order valence-corrected chi connectivity index (χ2v) is 10.1. The number of aryl methyl sites for hydroxylation is 1. The van der Waals surface area contributed by atoms with Gasteiger partial charge in [0, 0.05) is 39.1 Å². The van der Waals surface area contributed by atoms with Crippen LogP contribution in [-0.2, 0) is 19.6 Å². The zero-order valence-electron chi connectivity index (χ0n) is 17.6. The van der Waals surface area contributed by atoms with E-state index in [4.69, 9.17) is 4.74 Å². The van der Waals surface area contributed by atoms with Crippen LogP contribution < -0.4 is 5.32 Å². The molecule has 1 aromatic carbocycles. The quantitative estimate of drug-likeness (QED) is 0.705. The molecule has 0 saturated carbocycles. The number of benzene rings is 1. The summed E-state index contributed by atoms with van der Waals surface area (Å²) in [6.07, 6.45) is 0.292. The molecule has 0 aliphatic carbocycles. The molecule has 0 aromatic heterocycles. The van der Waals surface area contributed by atoms with E-state index in [1.165, 1.54) is 4.31 Å². The van der Waals surface area contributed by atoms with Crippen LogP contribution in [0.4, 0.5) is 4.79 Å². The zero-order valence-corrected chi connectivity index (χ0v) is 18.4. The van der Waals surface area contributed by atoms with E-state index in [1.807, 2.05) is 6.92 Å². The minimum Gasteiger partial charge on any atom is -0.444 e. The maximum Gasteiger partial charge on any atom is 0.407 e. The van der Waals surface area contributed by atoms with Crippen molar-refractivity contribution < 1.29 is 22.7 Å². The standard InChI is InChI=1S/C20H31N3O5S/c1-16-7-9-17(10-8-16)29(26,27)23-14-12-22(13-15-23)18(24)6-5-11-21-19(25)28-20(2,3)4/h7-10H,5-6,11-15H2,1-4H3,(H,21,25). The van der Waals surface area contributed by atoms with Crippen LogP contribution in [0.15, 0.2) is 29.2 Å². The van der Waals surface area contributed by atoms with Crippen molar-refractivity contribution in [2.45, 2.75) is 51.0 Å². The van der Waals surface area contributed by atoms with Gasteiger partial charge in [-0.05, 0) is 46.2 Å². The second kappa shape index (κ2) is 9.58. The van der Waals surface area contributed by atoms with Crippen LogP contribution in [0.3, 0.4) is 0 Å². The maximum absolute atomic E-state index is 12.7. The lowest BCUT2D eigenvalue weighted by Crippen LogP contribution is -2.50. The Hall–Kier alpha value is -2.13. The maximum atomic E-state index is 12.7. The van der Waals surface area contributed by atoms with Crippen LogP contribution in [0.1, 0.15) is 39.2 Å². The topological polar surface area (TPSA) is 96.0 Å². The minimum atomic E-state index is -3.54. The van der Waals surface area contributed by atoms with Gasteiger partial charge in [-0.3, -0.25) is 4.79 Å². The molecular weight excluding hydrogens is 394 g/mol. The summed E-state index contributed by atoms with van der Waals surface area (Å²) in [5, 5.41) is 2.63. The number of hydrogen-bond donors (Lipinski definition) is 1. The van der Waals surface area contributed by atoms with Gasteiger partial charge in [0.05, 0.1) is 4.90 Å². The van der Waals surface area contributed by atoms with Gasteiger partial charge in [0.15, 0.2) is 0 Å². The van der Waals surface area contributed by atoms with E-state index < -0.39 is 21.7 Å². The van der Waals surface area contributed by atoms with Crippen LogP contribution in [0.25, 0.3) is 0 Å². The molecule has 1 heterocycles. The Morgan fingerprint density at radius 2 is 1.66 bits per heavy atom. The number of sulfonamides is 1. The molecule has 29 heavy (non-hydrogen) atoms. The first-order chi connectivity index (χ1) is 13.5. The van der Waals surface area contributed by atoms with Crippen LogP contribution >= 0.6 is 0 Å². The minimum absolute atomic E-state index is 0.0385. The van der Waals surface area contributed by atoms with Crippen molar-refractivity contribution in [2.24, 2.45) is 0 Å². The molecule has 0 unspecified atom stereocenters. The van der Waals surface area contributed by atoms with Crippen molar-refractivity contribution in [2.75, 3.05) is 32.7 Å². The van der Waals surface area contributed by atoms with E-state index in [0.29, 0.717) is 32.5 Å². The number of nitrogens with one attached hydrogen (secondary N) is 1. The Balaban J connectivity index is 1.75. The lowest BCUT2D eigenvalue weighted by atomic mass is 10.2. The molecular formula is C20H31N3O5S. The largest absolute Gasteiger partial charge is 0.444 e. The predicted octanol–water partition coefficient (Wildman–Crippen LogP) is 2.13. The number of hydrogen-bond acceptors (Lipinski definition) is 5. The Morgan fingerprint density at radius 3 is 2.21 bits per heavy atom. The summed E-state index contributed by atoms with van der Waals surface area (Å²) in [6.45, 7) is 8.90. The van der Waals surface area contributed by atoms with E-state index in [-0.39, 0.29) is 23.9 Å². The van der Waals surface area contributed by atoms with E-state index in [9.17, 15) is 18.0 Å². The fourth-order valence-corrected chi connectivity index (χ4v) is 4.36. The summed E-state index contributed by atoms with van der Waals surface area (Å²) >= 11 is 0. The highest BCUT2D eigenvalue weighted by molar-refractivity contribution is 7.89. The molecule has 2 amide bonds. The Kier molecular flexibility index (Phi) is 7.65. The van der Waals surface area contributed by atoms with Gasteiger partial charge in [-0.1, -0.05) is 17.7 Å². The predicted molar refractivity (Wildman–Crippen MR) is 110 cm³/mol. The third-order valence-electron chi connectivity index (χ3n) is 4.49. The number of carbonyl (C=O) groups excluding carboxylic acids is 2. The molecule has 9 heteroatoms. The normalized spacial score (nSPS) is 15.8. The van der Waals surface area contributed by atoms with Crippen LogP contribution in [0.5, 0.6) is 0 Å². The molecule has 1 aliphatic rings. The number of carbonyl (C=O) groups is 2. The first-order valence-corrected chi connectivity index (χ1v) is 11.2. The van der Waals surface area contributed by atoms with Gasteiger partial charge in [-0.25, -0.2) is 13.2 Å². The lowest BCUT2D eigenvalue weighted by Gasteiger charge is -2.34. The van der Waals surface area contributed by atoms with Crippen LogP contribution in [0, 0.1) is 6.92 Å². The van der Waals surface area contributed by atoms with Crippen molar-refractivity contribution >= 4 is 22.0 Å². The summed E-state index contributed by atoms with van der Waals surface area (Å²) in [5.41, 5.74) is 0.443. The monoisotopic (exact) mass is 425 g/mol. The number of piperazine rings is 1. The summed E-state index contributed by atoms with van der Waals surface area (Å²) in [5.74, 6) is -0.0385. The summed E-state index contributed by atoms with van der Waals surface area (Å²) < 4.78 is 32.0. The van der Waals surface area contributed by atoms with E-state index >= 15 is 0 Å². The SMILES string of the molecule is Cc1ccc(S(=O)(=O)N2CCN(C(=O)CCCNC(=O)OC(C)(C)C)CC2)cc1. The first-order valence-electron chi connectivity index (χ1n) is 9.80. The molecule has 8 nitrogen and oxygen atoms in total. The second-order valence-electron chi connectivity index (χ2n) is 8.13. The molecule has 1 aliphatic heterocycles. The third-order valence-corrected chi connectivity index (χ3v) is 6.40. The smallest absolute Gasteiger partial charge is 0.407 e. The molecule has 0 radical (unpaired) electrons. The fraction of sp³-hybridized carbons (Fsp3) is 0.600. The third kappa shape index (κ3) is 7.01. The van der Waals surface area contributed by atoms with E-state index in [0.717, 1.165) is 5.56 Å². The van der Waals surface area contributed by atoms with E-state index in [2.05, 4.69) is 5.32 Å². The number of ether oxygens (including phenoxy) is 1. The van der Waals surface area contributed by atoms with Gasteiger partial charge in [0.1, 0.15) is 5.60 Å². The Morgan fingerprint density at radius 1 is 1.07 bits per heavy atom. The molecule has 1 fully saturated rings. The highest BCUT2D eigenvalue weighted by atomic mass is 32.2.